The van der Waals surface area contributed by atoms with Crippen LogP contribution in [-0.2, 0) is 7.05 Å². The number of aryl methyl sites for hydroxylation is 2. The SMILES string of the molecule is Cc1cc(C(=O)N2CC3CCC(N)C3C2)nn1C.Cl. The van der Waals surface area contributed by atoms with Gasteiger partial charge in [-0.1, -0.05) is 0 Å². The fourth-order valence-electron chi connectivity index (χ4n) is 3.30. The van der Waals surface area contributed by atoms with Gasteiger partial charge in [0.25, 0.3) is 5.91 Å². The van der Waals surface area contributed by atoms with Gasteiger partial charge in [0.1, 0.15) is 0 Å². The Morgan fingerprint density at radius 1 is 1.42 bits per heavy atom. The number of nitrogens with zero attached hydrogens (tertiary/aromatic N) is 3. The van der Waals surface area contributed by atoms with Crippen molar-refractivity contribution in [2.24, 2.45) is 24.6 Å². The van der Waals surface area contributed by atoms with E-state index >= 15 is 0 Å². The van der Waals surface area contributed by atoms with Crippen LogP contribution in [0.4, 0.5) is 0 Å². The van der Waals surface area contributed by atoms with Gasteiger partial charge in [0, 0.05) is 31.9 Å². The number of carbonyl (C=O) groups is 1. The van der Waals surface area contributed by atoms with Crippen molar-refractivity contribution < 1.29 is 4.79 Å². The van der Waals surface area contributed by atoms with Crippen LogP contribution in [0.2, 0.25) is 0 Å². The zero-order valence-corrected chi connectivity index (χ0v) is 12.2. The third kappa shape index (κ3) is 2.37. The molecule has 1 saturated heterocycles. The summed E-state index contributed by atoms with van der Waals surface area (Å²) in [5, 5.41) is 4.26. The molecule has 3 atom stereocenters. The van der Waals surface area contributed by atoms with Gasteiger partial charge >= 0.3 is 0 Å². The Balaban J connectivity index is 0.00000133. The molecular formula is C13H21ClN4O. The molecule has 1 aliphatic carbocycles. The monoisotopic (exact) mass is 284 g/mol. The van der Waals surface area contributed by atoms with Gasteiger partial charge in [-0.25, -0.2) is 0 Å². The minimum Gasteiger partial charge on any atom is -0.337 e. The summed E-state index contributed by atoms with van der Waals surface area (Å²) in [6, 6.07) is 2.13. The van der Waals surface area contributed by atoms with E-state index in [1.165, 1.54) is 0 Å². The van der Waals surface area contributed by atoms with E-state index in [-0.39, 0.29) is 24.4 Å². The van der Waals surface area contributed by atoms with Gasteiger partial charge in [-0.05, 0) is 37.7 Å². The van der Waals surface area contributed by atoms with Crippen molar-refractivity contribution in [2.75, 3.05) is 13.1 Å². The molecule has 0 spiro atoms. The summed E-state index contributed by atoms with van der Waals surface area (Å²) in [6.07, 6.45) is 2.27. The zero-order valence-electron chi connectivity index (χ0n) is 11.4. The molecule has 106 valence electrons. The third-order valence-electron chi connectivity index (χ3n) is 4.53. The lowest BCUT2D eigenvalue weighted by molar-refractivity contribution is 0.0773. The van der Waals surface area contributed by atoms with E-state index in [1.807, 2.05) is 24.9 Å². The van der Waals surface area contributed by atoms with Gasteiger partial charge in [-0.15, -0.1) is 12.4 Å². The van der Waals surface area contributed by atoms with Gasteiger partial charge < -0.3 is 10.6 Å². The molecule has 1 aromatic rings. The van der Waals surface area contributed by atoms with E-state index in [0.717, 1.165) is 31.6 Å². The molecule has 0 aromatic carbocycles. The lowest BCUT2D eigenvalue weighted by Gasteiger charge is -2.17. The van der Waals surface area contributed by atoms with E-state index in [4.69, 9.17) is 5.73 Å². The number of hydrogen-bond donors (Lipinski definition) is 1. The summed E-state index contributed by atoms with van der Waals surface area (Å²) in [4.78, 5) is 14.3. The first-order valence-corrected chi connectivity index (χ1v) is 6.61. The number of halogens is 1. The molecule has 5 nitrogen and oxygen atoms in total. The second-order valence-corrected chi connectivity index (χ2v) is 5.67. The van der Waals surface area contributed by atoms with Crippen LogP contribution >= 0.6 is 12.4 Å². The molecule has 2 heterocycles. The lowest BCUT2D eigenvalue weighted by Crippen LogP contribution is -2.33. The highest BCUT2D eigenvalue weighted by molar-refractivity contribution is 5.92. The van der Waals surface area contributed by atoms with Crippen LogP contribution in [0.25, 0.3) is 0 Å². The number of carbonyl (C=O) groups excluding carboxylic acids is 1. The van der Waals surface area contributed by atoms with Crippen molar-refractivity contribution >= 4 is 18.3 Å². The largest absolute Gasteiger partial charge is 0.337 e. The molecule has 6 heteroatoms. The van der Waals surface area contributed by atoms with Gasteiger partial charge in [0.2, 0.25) is 0 Å². The first kappa shape index (κ1) is 14.3. The second-order valence-electron chi connectivity index (χ2n) is 5.67. The Hall–Kier alpha value is -1.07. The lowest BCUT2D eigenvalue weighted by atomic mass is 9.98. The number of likely N-dealkylation sites (tertiary alicyclic amines) is 1. The Kier molecular flexibility index (Phi) is 3.87. The minimum absolute atomic E-state index is 0. The van der Waals surface area contributed by atoms with Gasteiger partial charge in [-0.2, -0.15) is 5.10 Å². The smallest absolute Gasteiger partial charge is 0.274 e. The normalized spacial score (nSPS) is 29.2. The van der Waals surface area contributed by atoms with Crippen LogP contribution in [0, 0.1) is 18.8 Å². The Labute approximate surface area is 119 Å². The van der Waals surface area contributed by atoms with Crippen molar-refractivity contribution in [3.8, 4) is 0 Å². The van der Waals surface area contributed by atoms with Gasteiger partial charge in [0.15, 0.2) is 5.69 Å². The van der Waals surface area contributed by atoms with Crippen LogP contribution in [0.1, 0.15) is 29.0 Å². The van der Waals surface area contributed by atoms with Gasteiger partial charge in [-0.3, -0.25) is 9.48 Å². The first-order chi connectivity index (χ1) is 8.56. The Morgan fingerprint density at radius 2 is 2.16 bits per heavy atom. The molecule has 2 N–H and O–H groups in total. The maximum atomic E-state index is 12.4. The number of nitrogens with two attached hydrogens (primary N) is 1. The Bertz CT molecular complexity index is 467. The molecule has 3 unspecified atom stereocenters. The highest BCUT2D eigenvalue weighted by Crippen LogP contribution is 2.37. The number of hydrogen-bond acceptors (Lipinski definition) is 3. The average molecular weight is 285 g/mol. The first-order valence-electron chi connectivity index (χ1n) is 6.61. The number of fused-ring (bicyclic) bond motifs is 1. The van der Waals surface area contributed by atoms with Crippen molar-refractivity contribution in [1.29, 1.82) is 0 Å². The van der Waals surface area contributed by atoms with Crippen molar-refractivity contribution in [1.82, 2.24) is 14.7 Å². The molecule has 3 rings (SSSR count). The molecule has 0 radical (unpaired) electrons. The number of rotatable bonds is 1. The molecule has 1 saturated carbocycles. The summed E-state index contributed by atoms with van der Waals surface area (Å²) >= 11 is 0. The van der Waals surface area contributed by atoms with E-state index in [9.17, 15) is 4.79 Å². The molecule has 0 bridgehead atoms. The Morgan fingerprint density at radius 3 is 2.74 bits per heavy atom. The van der Waals surface area contributed by atoms with E-state index in [0.29, 0.717) is 17.5 Å². The van der Waals surface area contributed by atoms with Crippen LogP contribution in [0.5, 0.6) is 0 Å². The number of amides is 1. The second kappa shape index (κ2) is 5.13. The molecular weight excluding hydrogens is 264 g/mol. The third-order valence-corrected chi connectivity index (χ3v) is 4.53. The van der Waals surface area contributed by atoms with E-state index in [2.05, 4.69) is 5.10 Å². The molecule has 2 aliphatic rings. The quantitative estimate of drug-likeness (QED) is 0.835. The predicted octanol–water partition coefficient (Wildman–Crippen LogP) is 0.960. The highest BCUT2D eigenvalue weighted by Gasteiger charge is 2.42. The number of aromatic nitrogens is 2. The molecule has 1 aromatic heterocycles. The predicted molar refractivity (Wildman–Crippen MR) is 75.3 cm³/mol. The summed E-state index contributed by atoms with van der Waals surface area (Å²) in [5.74, 6) is 1.16. The van der Waals surface area contributed by atoms with Crippen molar-refractivity contribution in [2.45, 2.75) is 25.8 Å². The summed E-state index contributed by atoms with van der Waals surface area (Å²) in [7, 11) is 1.86. The highest BCUT2D eigenvalue weighted by atomic mass is 35.5. The summed E-state index contributed by atoms with van der Waals surface area (Å²) in [6.45, 7) is 3.62. The van der Waals surface area contributed by atoms with Crippen LogP contribution in [0.3, 0.4) is 0 Å². The molecule has 1 amide bonds. The van der Waals surface area contributed by atoms with Crippen molar-refractivity contribution in [3.63, 3.8) is 0 Å². The summed E-state index contributed by atoms with van der Waals surface area (Å²) in [5.41, 5.74) is 7.66. The van der Waals surface area contributed by atoms with E-state index < -0.39 is 0 Å². The summed E-state index contributed by atoms with van der Waals surface area (Å²) < 4.78 is 1.75. The van der Waals surface area contributed by atoms with E-state index in [1.54, 1.807) is 4.68 Å². The van der Waals surface area contributed by atoms with Crippen molar-refractivity contribution in [3.05, 3.63) is 17.5 Å². The molecule has 19 heavy (non-hydrogen) atoms. The zero-order chi connectivity index (χ0) is 12.9. The van der Waals surface area contributed by atoms with Crippen LogP contribution < -0.4 is 5.73 Å². The average Bonchev–Trinajstić information content (AvgIpc) is 2.98. The fraction of sp³-hybridized carbons (Fsp3) is 0.692. The maximum absolute atomic E-state index is 12.4. The molecule has 1 aliphatic heterocycles. The molecule has 2 fully saturated rings. The minimum atomic E-state index is 0. The van der Waals surface area contributed by atoms with Crippen LogP contribution in [-0.4, -0.2) is 39.7 Å². The fourth-order valence-corrected chi connectivity index (χ4v) is 3.30. The maximum Gasteiger partial charge on any atom is 0.274 e. The van der Waals surface area contributed by atoms with Gasteiger partial charge in [0.05, 0.1) is 0 Å². The van der Waals surface area contributed by atoms with Crippen LogP contribution in [0.15, 0.2) is 6.07 Å². The topological polar surface area (TPSA) is 64.2 Å². The standard InChI is InChI=1S/C13H20N4O.ClH/c1-8-5-12(15-16(8)2)13(18)17-6-9-3-4-11(14)10(9)7-17;/h5,9-11H,3-4,6-7,14H2,1-2H3;1H.